The van der Waals surface area contributed by atoms with E-state index in [2.05, 4.69) is 0 Å². The van der Waals surface area contributed by atoms with Crippen LogP contribution < -0.4 is 20.3 Å². The maximum atomic E-state index is 14.5. The first-order valence-corrected chi connectivity index (χ1v) is 10.7. The second-order valence-electron chi connectivity index (χ2n) is 7.04. The SMILES string of the molecule is CC.O=C(O)c1cc(=O)c2c(OCC(F)COc3cccc4oc(C(=O)O)cc(=O)c34)cccc2o1. The fourth-order valence-electron chi connectivity index (χ4n) is 3.22. The maximum absolute atomic E-state index is 14.5. The van der Waals surface area contributed by atoms with E-state index in [1.54, 1.807) is 0 Å². The third kappa shape index (κ3) is 5.52. The molecule has 0 radical (unpaired) electrons. The molecule has 0 aliphatic rings. The Morgan fingerprint density at radius 3 is 1.56 bits per heavy atom. The lowest BCUT2D eigenvalue weighted by atomic mass is 10.2. The summed E-state index contributed by atoms with van der Waals surface area (Å²) in [6, 6.07) is 10.1. The van der Waals surface area contributed by atoms with Gasteiger partial charge in [0.2, 0.25) is 11.5 Å². The van der Waals surface area contributed by atoms with Crippen LogP contribution in [0.4, 0.5) is 4.39 Å². The topological polar surface area (TPSA) is 153 Å². The molecule has 0 fully saturated rings. The van der Waals surface area contributed by atoms with Gasteiger partial charge in [0.25, 0.3) is 0 Å². The van der Waals surface area contributed by atoms with Crippen molar-refractivity contribution in [2.24, 2.45) is 0 Å². The Morgan fingerprint density at radius 1 is 0.806 bits per heavy atom. The number of ether oxygens (including phenoxy) is 2. The normalized spacial score (nSPS) is 10.7. The van der Waals surface area contributed by atoms with Crippen molar-refractivity contribution in [1.82, 2.24) is 0 Å². The summed E-state index contributed by atoms with van der Waals surface area (Å²) in [6.45, 7) is 2.95. The number of aromatic carboxylic acids is 2. The number of hydrogen-bond acceptors (Lipinski definition) is 8. The summed E-state index contributed by atoms with van der Waals surface area (Å²) in [6.07, 6.45) is -1.69. The lowest BCUT2D eigenvalue weighted by Crippen LogP contribution is -2.22. The van der Waals surface area contributed by atoms with Gasteiger partial charge in [0.15, 0.2) is 17.0 Å². The third-order valence-electron chi connectivity index (χ3n) is 4.69. The molecule has 36 heavy (non-hydrogen) atoms. The number of carboxylic acids is 2. The van der Waals surface area contributed by atoms with Crippen LogP contribution in [0.2, 0.25) is 0 Å². The van der Waals surface area contributed by atoms with Crippen LogP contribution in [0.1, 0.15) is 35.0 Å². The number of carboxylic acid groups (broad SMARTS) is 2. The summed E-state index contributed by atoms with van der Waals surface area (Å²) in [5.41, 5.74) is -1.39. The molecule has 4 rings (SSSR count). The van der Waals surface area contributed by atoms with E-state index in [0.717, 1.165) is 12.1 Å². The minimum Gasteiger partial charge on any atom is -0.489 e. The number of carbonyl (C=O) groups is 2. The zero-order valence-electron chi connectivity index (χ0n) is 19.1. The predicted molar refractivity (Wildman–Crippen MR) is 126 cm³/mol. The molecule has 2 N–H and O–H groups in total. The van der Waals surface area contributed by atoms with E-state index in [0.29, 0.717) is 0 Å². The quantitative estimate of drug-likeness (QED) is 0.361. The summed E-state index contributed by atoms with van der Waals surface area (Å²) >= 11 is 0. The summed E-state index contributed by atoms with van der Waals surface area (Å²) in [7, 11) is 0. The van der Waals surface area contributed by atoms with Gasteiger partial charge in [0, 0.05) is 12.1 Å². The first-order valence-electron chi connectivity index (χ1n) is 10.7. The highest BCUT2D eigenvalue weighted by molar-refractivity contribution is 5.90. The molecule has 0 atom stereocenters. The van der Waals surface area contributed by atoms with Crippen LogP contribution in [0.5, 0.6) is 11.5 Å². The molecule has 0 spiro atoms. The molecule has 4 aromatic rings. The van der Waals surface area contributed by atoms with Crippen LogP contribution in [0.3, 0.4) is 0 Å². The highest BCUT2D eigenvalue weighted by Crippen LogP contribution is 2.25. The third-order valence-corrected chi connectivity index (χ3v) is 4.69. The number of fused-ring (bicyclic) bond motifs is 2. The average Bonchev–Trinajstić information content (AvgIpc) is 2.86. The van der Waals surface area contributed by atoms with Gasteiger partial charge >= 0.3 is 11.9 Å². The molecule has 10 nitrogen and oxygen atoms in total. The predicted octanol–water partition coefficient (Wildman–Crippen LogP) is 4.12. The Bertz CT molecular complexity index is 1420. The van der Waals surface area contributed by atoms with E-state index in [1.165, 1.54) is 36.4 Å². The zero-order chi connectivity index (χ0) is 26.4. The molecule has 2 aromatic carbocycles. The fraction of sp³-hybridized carbons (Fsp3) is 0.200. The Balaban J connectivity index is 0.00000176. The monoisotopic (exact) mass is 500 g/mol. The second-order valence-corrected chi connectivity index (χ2v) is 7.04. The maximum Gasteiger partial charge on any atom is 0.371 e. The second kappa shape index (κ2) is 11.2. The van der Waals surface area contributed by atoms with Crippen molar-refractivity contribution >= 4 is 33.9 Å². The van der Waals surface area contributed by atoms with Gasteiger partial charge in [-0.1, -0.05) is 26.0 Å². The van der Waals surface area contributed by atoms with Gasteiger partial charge in [-0.25, -0.2) is 14.0 Å². The first-order chi connectivity index (χ1) is 17.2. The van der Waals surface area contributed by atoms with Crippen LogP contribution in [-0.2, 0) is 0 Å². The summed E-state index contributed by atoms with van der Waals surface area (Å²) in [4.78, 5) is 46.7. The average molecular weight is 500 g/mol. The van der Waals surface area contributed by atoms with Crippen molar-refractivity contribution in [3.05, 3.63) is 80.5 Å². The van der Waals surface area contributed by atoms with Crippen molar-refractivity contribution in [1.29, 1.82) is 0 Å². The molecule has 0 unspecified atom stereocenters. The van der Waals surface area contributed by atoms with E-state index < -0.39 is 53.7 Å². The minimum atomic E-state index is -1.69. The standard InChI is InChI=1S/C23H15FO10.C2H6/c24-11(9-31-14-3-1-5-16-20(14)12(25)7-18(33-16)22(27)28)10-32-15-4-2-6-17-21(15)13(26)8-19(34-17)23(29)30;1-2/h1-8,11H,9-10H2,(H,27,28)(H,29,30);1-2H3. The van der Waals surface area contributed by atoms with E-state index in [1.807, 2.05) is 13.8 Å². The number of halogens is 1. The molecular formula is C25H21FO10. The number of benzene rings is 2. The highest BCUT2D eigenvalue weighted by atomic mass is 19.1. The molecule has 0 aliphatic heterocycles. The van der Waals surface area contributed by atoms with Crippen LogP contribution in [0.25, 0.3) is 21.9 Å². The van der Waals surface area contributed by atoms with Crippen LogP contribution in [0, 0.1) is 0 Å². The van der Waals surface area contributed by atoms with Gasteiger partial charge in [0.05, 0.1) is 0 Å². The molecule has 2 aromatic heterocycles. The first kappa shape index (κ1) is 25.9. The van der Waals surface area contributed by atoms with Gasteiger partial charge in [-0.15, -0.1) is 0 Å². The lowest BCUT2D eigenvalue weighted by Gasteiger charge is -2.14. The van der Waals surface area contributed by atoms with Crippen LogP contribution in [0.15, 0.2) is 67.0 Å². The molecule has 0 saturated carbocycles. The summed E-state index contributed by atoms with van der Waals surface area (Å²) in [5.74, 6) is -3.90. The molecule has 0 saturated heterocycles. The summed E-state index contributed by atoms with van der Waals surface area (Å²) in [5, 5.41) is 17.9. The summed E-state index contributed by atoms with van der Waals surface area (Å²) < 4.78 is 35.6. The Labute approximate surface area is 202 Å². The Hall–Kier alpha value is -4.67. The van der Waals surface area contributed by atoms with E-state index >= 15 is 0 Å². The molecule has 0 bridgehead atoms. The largest absolute Gasteiger partial charge is 0.489 e. The fourth-order valence-corrected chi connectivity index (χ4v) is 3.22. The molecule has 11 heteroatoms. The van der Waals surface area contributed by atoms with E-state index in [-0.39, 0.29) is 33.4 Å². The highest BCUT2D eigenvalue weighted by Gasteiger charge is 2.18. The van der Waals surface area contributed by atoms with E-state index in [4.69, 9.17) is 28.5 Å². The number of hydrogen-bond donors (Lipinski definition) is 2. The van der Waals surface area contributed by atoms with Gasteiger partial charge in [-0.05, 0) is 24.3 Å². The molecule has 0 amide bonds. The molecular weight excluding hydrogens is 479 g/mol. The van der Waals surface area contributed by atoms with Gasteiger partial charge in [-0.2, -0.15) is 0 Å². The van der Waals surface area contributed by atoms with Crippen LogP contribution in [-0.4, -0.2) is 41.5 Å². The Morgan fingerprint density at radius 2 is 1.19 bits per heavy atom. The van der Waals surface area contributed by atoms with Gasteiger partial charge in [0.1, 0.15) is 46.7 Å². The van der Waals surface area contributed by atoms with Crippen molar-refractivity contribution in [2.45, 2.75) is 20.0 Å². The van der Waals surface area contributed by atoms with Crippen LogP contribution >= 0.6 is 0 Å². The Kier molecular flexibility index (Phi) is 8.05. The molecule has 0 aliphatic carbocycles. The number of alkyl halides is 1. The van der Waals surface area contributed by atoms with Crippen molar-refractivity contribution in [2.75, 3.05) is 13.2 Å². The lowest BCUT2D eigenvalue weighted by molar-refractivity contribution is 0.0653. The van der Waals surface area contributed by atoms with Crippen molar-refractivity contribution in [3.8, 4) is 11.5 Å². The number of rotatable bonds is 8. The smallest absolute Gasteiger partial charge is 0.371 e. The van der Waals surface area contributed by atoms with Crippen molar-refractivity contribution < 1.29 is 42.5 Å². The zero-order valence-corrected chi connectivity index (χ0v) is 19.1. The van der Waals surface area contributed by atoms with Gasteiger partial charge < -0.3 is 28.5 Å². The van der Waals surface area contributed by atoms with E-state index in [9.17, 15) is 23.6 Å². The van der Waals surface area contributed by atoms with Crippen molar-refractivity contribution in [3.63, 3.8) is 0 Å². The van der Waals surface area contributed by atoms with Gasteiger partial charge in [-0.3, -0.25) is 9.59 Å². The minimum absolute atomic E-state index is 0.00200. The molecule has 188 valence electrons. The molecule has 2 heterocycles.